The molecule has 0 aliphatic heterocycles. The summed E-state index contributed by atoms with van der Waals surface area (Å²) in [6.07, 6.45) is 8.24. The lowest BCUT2D eigenvalue weighted by Gasteiger charge is -2.39. The van der Waals surface area contributed by atoms with Gasteiger partial charge in [-0.25, -0.2) is 0 Å². The van der Waals surface area contributed by atoms with Crippen molar-refractivity contribution >= 4 is 0 Å². The summed E-state index contributed by atoms with van der Waals surface area (Å²) in [5.74, 6) is 2.95. The van der Waals surface area contributed by atoms with Gasteiger partial charge >= 0.3 is 0 Å². The second kappa shape index (κ2) is 11.2. The fourth-order valence-corrected chi connectivity index (χ4v) is 5.30. The Morgan fingerprint density at radius 3 is 2.39 bits per heavy atom. The van der Waals surface area contributed by atoms with Gasteiger partial charge in [0.2, 0.25) is 0 Å². The van der Waals surface area contributed by atoms with Crippen LogP contribution < -0.4 is 4.74 Å². The van der Waals surface area contributed by atoms with Gasteiger partial charge in [-0.1, -0.05) is 56.2 Å². The van der Waals surface area contributed by atoms with Crippen LogP contribution in [0.5, 0.6) is 5.75 Å². The van der Waals surface area contributed by atoms with Gasteiger partial charge in [0.15, 0.2) is 0 Å². The number of aliphatic hydroxyl groups is 3. The van der Waals surface area contributed by atoms with Crippen molar-refractivity contribution in [1.29, 1.82) is 0 Å². The topological polar surface area (TPSA) is 69.9 Å². The van der Waals surface area contributed by atoms with E-state index in [-0.39, 0.29) is 0 Å². The average molecular weight is 457 g/mol. The highest BCUT2D eigenvalue weighted by atomic mass is 16.5. The zero-order valence-electron chi connectivity index (χ0n) is 21.1. The lowest BCUT2D eigenvalue weighted by atomic mass is 9.66. The predicted molar refractivity (Wildman–Crippen MR) is 134 cm³/mol. The molecule has 4 nitrogen and oxygen atoms in total. The van der Waals surface area contributed by atoms with Crippen molar-refractivity contribution < 1.29 is 20.1 Å². The molecule has 4 heteroatoms. The zero-order chi connectivity index (χ0) is 24.2. The summed E-state index contributed by atoms with van der Waals surface area (Å²) in [7, 11) is 0. The van der Waals surface area contributed by atoms with Gasteiger partial charge in [-0.3, -0.25) is 0 Å². The lowest BCUT2D eigenvalue weighted by molar-refractivity contribution is 0.0552. The second-order valence-corrected chi connectivity index (χ2v) is 11.3. The van der Waals surface area contributed by atoms with Gasteiger partial charge in [0, 0.05) is 6.42 Å². The minimum Gasteiger partial charge on any atom is -0.493 e. The van der Waals surface area contributed by atoms with Gasteiger partial charge in [-0.2, -0.15) is 0 Å². The molecule has 0 unspecified atom stereocenters. The standard InChI is InChI=1S/C29H44O4/c1-19(2)24-15-22(10-9-21-13-25(30)18-26(31)14-21)20(3)28(17-24)23-7-6-8-27(16-23)33-12-11-29(4,5)32/h6-10,16,19-20,24-26,28,30-32H,11-15,17-18H2,1-5H3/b22-10+/t20-,24-,25+,26+,28-/m0/s1. The smallest absolute Gasteiger partial charge is 0.119 e. The fraction of sp³-hybridized carbons (Fsp3) is 0.655. The SMILES string of the molecule is CC(C)[C@H]1C/C(=C\C=C2C[C@@H](O)C[C@H](O)C2)[C@H](C)[C@@H](c2cccc(OCCC(C)(C)O)c2)C1. The molecule has 2 aliphatic carbocycles. The van der Waals surface area contributed by atoms with Crippen molar-refractivity contribution in [2.75, 3.05) is 6.61 Å². The first-order valence-electron chi connectivity index (χ1n) is 12.7. The monoisotopic (exact) mass is 456 g/mol. The van der Waals surface area contributed by atoms with Crippen LogP contribution in [0.4, 0.5) is 0 Å². The van der Waals surface area contributed by atoms with Crippen LogP contribution in [0, 0.1) is 17.8 Å². The predicted octanol–water partition coefficient (Wildman–Crippen LogP) is 5.77. The molecule has 1 aromatic rings. The maximum atomic E-state index is 10.0. The average Bonchev–Trinajstić information content (AvgIpc) is 2.71. The molecule has 2 saturated carbocycles. The van der Waals surface area contributed by atoms with Crippen molar-refractivity contribution in [2.24, 2.45) is 17.8 Å². The van der Waals surface area contributed by atoms with Gasteiger partial charge in [0.25, 0.3) is 0 Å². The Hall–Kier alpha value is -1.62. The van der Waals surface area contributed by atoms with E-state index in [1.807, 2.05) is 6.07 Å². The van der Waals surface area contributed by atoms with Crippen LogP contribution in [0.2, 0.25) is 0 Å². The molecular formula is C29H44O4. The first-order valence-corrected chi connectivity index (χ1v) is 12.7. The summed E-state index contributed by atoms with van der Waals surface area (Å²) < 4.78 is 5.97. The summed E-state index contributed by atoms with van der Waals surface area (Å²) in [5, 5.41) is 30.0. The maximum absolute atomic E-state index is 10.0. The Morgan fingerprint density at radius 2 is 1.76 bits per heavy atom. The van der Waals surface area contributed by atoms with Crippen molar-refractivity contribution in [1.82, 2.24) is 0 Å². The molecule has 184 valence electrons. The zero-order valence-corrected chi connectivity index (χ0v) is 21.1. The quantitative estimate of drug-likeness (QED) is 0.487. The van der Waals surface area contributed by atoms with Gasteiger partial charge in [0.1, 0.15) is 5.75 Å². The third-order valence-electron chi connectivity index (χ3n) is 7.53. The van der Waals surface area contributed by atoms with Crippen LogP contribution in [0.1, 0.15) is 84.6 Å². The van der Waals surface area contributed by atoms with E-state index in [0.717, 1.165) is 24.2 Å². The van der Waals surface area contributed by atoms with E-state index >= 15 is 0 Å². The van der Waals surface area contributed by atoms with E-state index in [0.29, 0.717) is 56.0 Å². The Labute approximate surface area is 200 Å². The Morgan fingerprint density at radius 1 is 1.06 bits per heavy atom. The molecule has 0 bridgehead atoms. The Kier molecular flexibility index (Phi) is 8.82. The summed E-state index contributed by atoms with van der Waals surface area (Å²) in [5.41, 5.74) is 3.20. The second-order valence-electron chi connectivity index (χ2n) is 11.3. The number of aliphatic hydroxyl groups excluding tert-OH is 2. The third kappa shape index (κ3) is 7.70. The summed E-state index contributed by atoms with van der Waals surface area (Å²) in [4.78, 5) is 0. The third-order valence-corrected chi connectivity index (χ3v) is 7.53. The minimum absolute atomic E-state index is 0.418. The van der Waals surface area contributed by atoms with Crippen LogP contribution >= 0.6 is 0 Å². The molecule has 0 aromatic heterocycles. The highest BCUT2D eigenvalue weighted by Crippen LogP contribution is 2.46. The molecule has 0 saturated heterocycles. The van der Waals surface area contributed by atoms with Crippen LogP contribution in [0.15, 0.2) is 47.6 Å². The van der Waals surface area contributed by atoms with E-state index in [1.165, 1.54) is 11.1 Å². The van der Waals surface area contributed by atoms with Crippen molar-refractivity contribution in [3.63, 3.8) is 0 Å². The highest BCUT2D eigenvalue weighted by Gasteiger charge is 2.33. The van der Waals surface area contributed by atoms with Gasteiger partial charge in [-0.05, 0) is 87.3 Å². The first-order chi connectivity index (χ1) is 15.5. The molecule has 3 N–H and O–H groups in total. The molecule has 0 amide bonds. The molecule has 3 rings (SSSR count). The lowest BCUT2D eigenvalue weighted by Crippen LogP contribution is -2.27. The summed E-state index contributed by atoms with van der Waals surface area (Å²) in [6.45, 7) is 11.1. The molecule has 2 aliphatic rings. The summed E-state index contributed by atoms with van der Waals surface area (Å²) >= 11 is 0. The van der Waals surface area contributed by atoms with Crippen LogP contribution in [-0.4, -0.2) is 39.7 Å². The number of hydrogen-bond acceptors (Lipinski definition) is 4. The van der Waals surface area contributed by atoms with Crippen molar-refractivity contribution in [2.45, 2.75) is 96.9 Å². The van der Waals surface area contributed by atoms with E-state index in [4.69, 9.17) is 4.74 Å². The molecule has 33 heavy (non-hydrogen) atoms. The van der Waals surface area contributed by atoms with E-state index in [2.05, 4.69) is 51.1 Å². The van der Waals surface area contributed by atoms with Crippen LogP contribution in [0.3, 0.4) is 0 Å². The minimum atomic E-state index is -0.724. The molecule has 0 heterocycles. The van der Waals surface area contributed by atoms with Gasteiger partial charge < -0.3 is 20.1 Å². The van der Waals surface area contributed by atoms with E-state index < -0.39 is 17.8 Å². The molecule has 2 fully saturated rings. The number of rotatable bonds is 7. The first kappa shape index (κ1) is 26.0. The number of hydrogen-bond donors (Lipinski definition) is 3. The van der Waals surface area contributed by atoms with Crippen molar-refractivity contribution in [3.8, 4) is 5.75 Å². The number of allylic oxidation sites excluding steroid dienone is 3. The highest BCUT2D eigenvalue weighted by molar-refractivity contribution is 5.34. The molecule has 1 aromatic carbocycles. The van der Waals surface area contributed by atoms with E-state index in [1.54, 1.807) is 13.8 Å². The molecule has 0 spiro atoms. The normalized spacial score (nSPS) is 30.0. The number of ether oxygens (including phenoxy) is 1. The van der Waals surface area contributed by atoms with Crippen LogP contribution in [-0.2, 0) is 0 Å². The maximum Gasteiger partial charge on any atom is 0.119 e. The number of benzene rings is 1. The molecule has 0 radical (unpaired) electrons. The van der Waals surface area contributed by atoms with E-state index in [9.17, 15) is 15.3 Å². The Bertz CT molecular complexity index is 820. The molecular weight excluding hydrogens is 412 g/mol. The van der Waals surface area contributed by atoms with Gasteiger partial charge in [-0.15, -0.1) is 0 Å². The summed E-state index contributed by atoms with van der Waals surface area (Å²) in [6, 6.07) is 8.48. The van der Waals surface area contributed by atoms with Crippen LogP contribution in [0.25, 0.3) is 0 Å². The van der Waals surface area contributed by atoms with Gasteiger partial charge in [0.05, 0.1) is 24.4 Å². The fourth-order valence-electron chi connectivity index (χ4n) is 5.30. The Balaban J connectivity index is 1.79. The van der Waals surface area contributed by atoms with Crippen molar-refractivity contribution in [3.05, 3.63) is 53.1 Å². The largest absolute Gasteiger partial charge is 0.493 e. The molecule has 5 atom stereocenters.